The average molecular weight is 392 g/mol. The van der Waals surface area contributed by atoms with Crippen LogP contribution in [0.3, 0.4) is 0 Å². The number of anilines is 1. The van der Waals surface area contributed by atoms with Gasteiger partial charge in [0.1, 0.15) is 11.9 Å². The van der Waals surface area contributed by atoms with Crippen molar-refractivity contribution >= 4 is 22.5 Å². The number of amides is 1. The quantitative estimate of drug-likeness (QED) is 0.721. The first kappa shape index (κ1) is 19.2. The highest BCUT2D eigenvalue weighted by Crippen LogP contribution is 2.25. The number of nitrogens with one attached hydrogen (secondary N) is 1. The molecule has 1 aliphatic rings. The highest BCUT2D eigenvalue weighted by atomic mass is 16.5. The molecular formula is C23H24N2O4. The molecule has 0 bridgehead atoms. The summed E-state index contributed by atoms with van der Waals surface area (Å²) in [7, 11) is 1.60. The third-order valence-corrected chi connectivity index (χ3v) is 5.26. The van der Waals surface area contributed by atoms with E-state index >= 15 is 0 Å². The molecule has 6 heteroatoms. The lowest BCUT2D eigenvalue weighted by molar-refractivity contribution is -0.127. The summed E-state index contributed by atoms with van der Waals surface area (Å²) >= 11 is 0. The van der Waals surface area contributed by atoms with E-state index in [2.05, 4.69) is 4.98 Å². The van der Waals surface area contributed by atoms with Gasteiger partial charge in [0, 0.05) is 23.4 Å². The van der Waals surface area contributed by atoms with Gasteiger partial charge in [0.05, 0.1) is 13.7 Å². The van der Waals surface area contributed by atoms with Crippen molar-refractivity contribution in [3.8, 4) is 5.75 Å². The Morgan fingerprint density at radius 2 is 2.00 bits per heavy atom. The molecule has 3 aromatic rings. The van der Waals surface area contributed by atoms with Gasteiger partial charge in [-0.25, -0.2) is 0 Å². The smallest absolute Gasteiger partial charge is 0.256 e. The van der Waals surface area contributed by atoms with Gasteiger partial charge in [-0.1, -0.05) is 12.1 Å². The molecule has 2 aromatic carbocycles. The second-order valence-electron chi connectivity index (χ2n) is 7.34. The molecule has 1 N–H and O–H groups in total. The van der Waals surface area contributed by atoms with Crippen molar-refractivity contribution in [2.45, 2.75) is 32.4 Å². The number of fused-ring (bicyclic) bond motifs is 1. The third-order valence-electron chi connectivity index (χ3n) is 5.26. The Balaban J connectivity index is 1.71. The summed E-state index contributed by atoms with van der Waals surface area (Å²) in [5.41, 5.74) is 2.91. The van der Waals surface area contributed by atoms with Crippen LogP contribution in [0.1, 0.15) is 24.0 Å². The average Bonchev–Trinajstić information content (AvgIpc) is 3.27. The van der Waals surface area contributed by atoms with Crippen LogP contribution in [0.2, 0.25) is 0 Å². The van der Waals surface area contributed by atoms with Crippen molar-refractivity contribution in [1.29, 1.82) is 0 Å². The highest BCUT2D eigenvalue weighted by Gasteiger charge is 2.29. The van der Waals surface area contributed by atoms with Gasteiger partial charge in [-0.2, -0.15) is 0 Å². The molecule has 0 aliphatic carbocycles. The van der Waals surface area contributed by atoms with Crippen LogP contribution in [0.15, 0.2) is 53.3 Å². The largest absolute Gasteiger partial charge is 0.497 e. The lowest BCUT2D eigenvalue weighted by atomic mass is 10.1. The molecule has 0 saturated carbocycles. The highest BCUT2D eigenvalue weighted by molar-refractivity contribution is 5.96. The third kappa shape index (κ3) is 4.03. The van der Waals surface area contributed by atoms with E-state index in [0.717, 1.165) is 22.9 Å². The lowest BCUT2D eigenvalue weighted by Crippen LogP contribution is -2.39. The molecule has 1 saturated heterocycles. The Labute approximate surface area is 169 Å². The minimum Gasteiger partial charge on any atom is -0.497 e. The number of hydrogen-bond acceptors (Lipinski definition) is 4. The molecular weight excluding hydrogens is 368 g/mol. The number of carbonyl (C=O) groups is 1. The number of aromatic nitrogens is 1. The van der Waals surface area contributed by atoms with Crippen LogP contribution >= 0.6 is 0 Å². The van der Waals surface area contributed by atoms with E-state index in [4.69, 9.17) is 9.47 Å². The second kappa shape index (κ2) is 8.09. The Bertz CT molecular complexity index is 1080. The number of H-pyrrole nitrogens is 1. The second-order valence-corrected chi connectivity index (χ2v) is 7.34. The van der Waals surface area contributed by atoms with Gasteiger partial charge in [0.2, 0.25) is 0 Å². The van der Waals surface area contributed by atoms with Crippen molar-refractivity contribution in [3.05, 3.63) is 70.0 Å². The van der Waals surface area contributed by atoms with E-state index in [1.165, 1.54) is 0 Å². The van der Waals surface area contributed by atoms with Gasteiger partial charge in [0.15, 0.2) is 0 Å². The van der Waals surface area contributed by atoms with Crippen LogP contribution in [0.4, 0.5) is 5.69 Å². The van der Waals surface area contributed by atoms with Crippen LogP contribution in [-0.4, -0.2) is 30.7 Å². The molecule has 1 atom stereocenters. The number of benzene rings is 2. The number of rotatable bonds is 5. The van der Waals surface area contributed by atoms with Crippen molar-refractivity contribution in [2.75, 3.05) is 18.6 Å². The molecule has 0 radical (unpaired) electrons. The first-order valence-electron chi connectivity index (χ1n) is 9.75. The number of hydrogen-bond donors (Lipinski definition) is 1. The standard InChI is InChI=1S/C23H24N2O4/c1-15-5-6-16-13-17(22(26)24-20(16)12-15)14-25(23(27)21-4-3-11-29-21)18-7-9-19(28-2)10-8-18/h5-10,12-13,21H,3-4,11,14H2,1-2H3,(H,24,26)/t21-/m0/s1. The van der Waals surface area contributed by atoms with Crippen molar-refractivity contribution < 1.29 is 14.3 Å². The summed E-state index contributed by atoms with van der Waals surface area (Å²) in [5.74, 6) is 0.577. The van der Waals surface area contributed by atoms with Gasteiger partial charge < -0.3 is 19.4 Å². The fraction of sp³-hybridized carbons (Fsp3) is 0.304. The molecule has 6 nitrogen and oxygen atoms in total. The Kier molecular flexibility index (Phi) is 5.36. The summed E-state index contributed by atoms with van der Waals surface area (Å²) in [5, 5.41) is 0.935. The molecule has 1 fully saturated rings. The first-order chi connectivity index (χ1) is 14.0. The zero-order valence-electron chi connectivity index (χ0n) is 16.6. The minimum absolute atomic E-state index is 0.129. The van der Waals surface area contributed by atoms with Gasteiger partial charge in [0.25, 0.3) is 11.5 Å². The van der Waals surface area contributed by atoms with E-state index in [-0.39, 0.29) is 18.0 Å². The van der Waals surface area contributed by atoms with Crippen LogP contribution in [0, 0.1) is 6.92 Å². The molecule has 29 heavy (non-hydrogen) atoms. The van der Waals surface area contributed by atoms with Gasteiger partial charge in [-0.05, 0) is 67.1 Å². The van der Waals surface area contributed by atoms with Crippen LogP contribution in [0.25, 0.3) is 10.9 Å². The number of aromatic amines is 1. The molecule has 150 valence electrons. The first-order valence-corrected chi connectivity index (χ1v) is 9.75. The number of ether oxygens (including phenoxy) is 2. The molecule has 1 aliphatic heterocycles. The summed E-state index contributed by atoms with van der Waals surface area (Å²) < 4.78 is 10.8. The summed E-state index contributed by atoms with van der Waals surface area (Å²) in [6, 6.07) is 15.0. The Morgan fingerprint density at radius 1 is 1.21 bits per heavy atom. The number of nitrogens with zero attached hydrogens (tertiary/aromatic N) is 1. The fourth-order valence-electron chi connectivity index (χ4n) is 3.65. The Hall–Kier alpha value is -3.12. The zero-order valence-corrected chi connectivity index (χ0v) is 16.6. The number of methoxy groups -OCH3 is 1. The lowest BCUT2D eigenvalue weighted by Gasteiger charge is -2.25. The van der Waals surface area contributed by atoms with E-state index < -0.39 is 6.10 Å². The van der Waals surface area contributed by atoms with E-state index in [0.29, 0.717) is 30.0 Å². The number of carbonyl (C=O) groups excluding carboxylic acids is 1. The van der Waals surface area contributed by atoms with Crippen LogP contribution < -0.4 is 15.2 Å². The van der Waals surface area contributed by atoms with E-state index in [9.17, 15) is 9.59 Å². The maximum atomic E-state index is 13.2. The van der Waals surface area contributed by atoms with Gasteiger partial charge in [-0.15, -0.1) is 0 Å². The molecule has 2 heterocycles. The summed E-state index contributed by atoms with van der Waals surface area (Å²) in [6.07, 6.45) is 1.08. The minimum atomic E-state index is -0.473. The number of aryl methyl sites for hydroxylation is 1. The fourth-order valence-corrected chi connectivity index (χ4v) is 3.65. The van der Waals surface area contributed by atoms with Crippen molar-refractivity contribution in [3.63, 3.8) is 0 Å². The molecule has 0 spiro atoms. The maximum Gasteiger partial charge on any atom is 0.256 e. The maximum absolute atomic E-state index is 13.2. The predicted molar refractivity (Wildman–Crippen MR) is 112 cm³/mol. The molecule has 1 amide bonds. The van der Waals surface area contributed by atoms with E-state index in [1.807, 2.05) is 43.3 Å². The molecule has 4 rings (SSSR count). The van der Waals surface area contributed by atoms with Gasteiger partial charge >= 0.3 is 0 Å². The Morgan fingerprint density at radius 3 is 2.69 bits per heavy atom. The summed E-state index contributed by atoms with van der Waals surface area (Å²) in [4.78, 5) is 30.5. The van der Waals surface area contributed by atoms with Crippen molar-refractivity contribution in [2.24, 2.45) is 0 Å². The van der Waals surface area contributed by atoms with Crippen LogP contribution in [-0.2, 0) is 16.1 Å². The summed E-state index contributed by atoms with van der Waals surface area (Å²) in [6.45, 7) is 2.74. The molecule has 1 aromatic heterocycles. The molecule has 0 unspecified atom stereocenters. The predicted octanol–water partition coefficient (Wildman–Crippen LogP) is 3.56. The monoisotopic (exact) mass is 392 g/mol. The van der Waals surface area contributed by atoms with E-state index in [1.54, 1.807) is 24.1 Å². The normalized spacial score (nSPS) is 16.1. The number of pyridine rings is 1. The van der Waals surface area contributed by atoms with Crippen molar-refractivity contribution in [1.82, 2.24) is 4.98 Å². The topological polar surface area (TPSA) is 71.6 Å². The van der Waals surface area contributed by atoms with Gasteiger partial charge in [-0.3, -0.25) is 9.59 Å². The van der Waals surface area contributed by atoms with Crippen LogP contribution in [0.5, 0.6) is 5.75 Å². The SMILES string of the molecule is COc1ccc(N(Cc2cc3ccc(C)cc3[nH]c2=O)C(=O)[C@@H]2CCCO2)cc1. The zero-order chi connectivity index (χ0) is 20.4.